The zero-order valence-electron chi connectivity index (χ0n) is 15.2. The highest BCUT2D eigenvalue weighted by Crippen LogP contribution is 2.36. The summed E-state index contributed by atoms with van der Waals surface area (Å²) in [6.45, 7) is 0. The van der Waals surface area contributed by atoms with Crippen molar-refractivity contribution < 1.29 is 9.59 Å². The second kappa shape index (κ2) is 8.62. The third-order valence-electron chi connectivity index (χ3n) is 4.24. The average Bonchev–Trinajstić information content (AvgIpc) is 3.46. The number of nitrogens with zero attached hydrogens (tertiary/aromatic N) is 4. The molecule has 1 aromatic heterocycles. The summed E-state index contributed by atoms with van der Waals surface area (Å²) in [6, 6.07) is 14.0. The molecule has 8 nitrogen and oxygen atoms in total. The number of hydrogen-bond donors (Lipinski definition) is 2. The number of para-hydroxylation sites is 1. The number of nitrogens with one attached hydrogen (secondary N) is 2. The number of anilines is 2. The summed E-state index contributed by atoms with van der Waals surface area (Å²) in [4.78, 5) is 25.1. The van der Waals surface area contributed by atoms with E-state index in [9.17, 15) is 9.59 Å². The Balaban J connectivity index is 1.39. The molecule has 0 atom stereocenters. The Bertz CT molecular complexity index is 1040. The molecule has 2 aromatic carbocycles. The van der Waals surface area contributed by atoms with Crippen molar-refractivity contribution in [1.29, 1.82) is 0 Å². The van der Waals surface area contributed by atoms with Gasteiger partial charge >= 0.3 is 0 Å². The van der Waals surface area contributed by atoms with E-state index in [0.29, 0.717) is 33.2 Å². The Morgan fingerprint density at radius 1 is 1.10 bits per heavy atom. The summed E-state index contributed by atoms with van der Waals surface area (Å²) < 4.78 is 1.76. The predicted molar refractivity (Wildman–Crippen MR) is 111 cm³/mol. The topological polar surface area (TPSA) is 102 Å². The lowest BCUT2D eigenvalue weighted by atomic mass is 10.1. The van der Waals surface area contributed by atoms with Crippen molar-refractivity contribution >= 4 is 46.6 Å². The van der Waals surface area contributed by atoms with Crippen LogP contribution in [-0.2, 0) is 4.79 Å². The van der Waals surface area contributed by atoms with Gasteiger partial charge < -0.3 is 10.6 Å². The van der Waals surface area contributed by atoms with E-state index in [1.54, 1.807) is 53.2 Å². The standard InChI is InChI=1S/C19H17ClN6O2S/c20-12-5-7-13(8-6-12)21-18(28)15-3-1-2-4-16(15)22-17(27)11-29-19-23-24-25-26(19)14-9-10-14/h1-8,14H,9-11H2,(H,21,28)(H,22,27). The van der Waals surface area contributed by atoms with Crippen LogP contribution in [0.15, 0.2) is 53.7 Å². The first-order valence-electron chi connectivity index (χ1n) is 8.96. The van der Waals surface area contributed by atoms with Gasteiger partial charge in [0.1, 0.15) is 0 Å². The van der Waals surface area contributed by atoms with Gasteiger partial charge in [-0.1, -0.05) is 35.5 Å². The van der Waals surface area contributed by atoms with Crippen LogP contribution >= 0.6 is 23.4 Å². The van der Waals surface area contributed by atoms with Gasteiger partial charge in [0, 0.05) is 10.7 Å². The Labute approximate surface area is 176 Å². The van der Waals surface area contributed by atoms with Gasteiger partial charge in [-0.2, -0.15) is 0 Å². The predicted octanol–water partition coefficient (Wildman–Crippen LogP) is 3.64. The molecule has 2 amide bonds. The highest BCUT2D eigenvalue weighted by molar-refractivity contribution is 7.99. The van der Waals surface area contributed by atoms with Crippen molar-refractivity contribution in [2.24, 2.45) is 0 Å². The van der Waals surface area contributed by atoms with E-state index in [0.717, 1.165) is 12.8 Å². The van der Waals surface area contributed by atoms with E-state index in [-0.39, 0.29) is 17.6 Å². The van der Waals surface area contributed by atoms with Gasteiger partial charge in [-0.25, -0.2) is 4.68 Å². The van der Waals surface area contributed by atoms with Crippen molar-refractivity contribution in [3.63, 3.8) is 0 Å². The van der Waals surface area contributed by atoms with Crippen molar-refractivity contribution in [2.75, 3.05) is 16.4 Å². The zero-order chi connectivity index (χ0) is 20.2. The van der Waals surface area contributed by atoms with Crippen LogP contribution < -0.4 is 10.6 Å². The number of amides is 2. The van der Waals surface area contributed by atoms with Gasteiger partial charge in [0.25, 0.3) is 5.91 Å². The van der Waals surface area contributed by atoms with Crippen LogP contribution in [0.5, 0.6) is 0 Å². The monoisotopic (exact) mass is 428 g/mol. The fourth-order valence-electron chi connectivity index (χ4n) is 2.67. The van der Waals surface area contributed by atoms with Gasteiger partial charge in [0.2, 0.25) is 11.1 Å². The van der Waals surface area contributed by atoms with Crippen LogP contribution in [0.4, 0.5) is 11.4 Å². The quantitative estimate of drug-likeness (QED) is 0.557. The van der Waals surface area contributed by atoms with Gasteiger partial charge in [-0.15, -0.1) is 5.10 Å². The maximum Gasteiger partial charge on any atom is 0.257 e. The SMILES string of the molecule is O=C(CSc1nnnn1C1CC1)Nc1ccccc1C(=O)Nc1ccc(Cl)cc1. The molecule has 0 bridgehead atoms. The Kier molecular flexibility index (Phi) is 5.77. The fourth-order valence-corrected chi connectivity index (χ4v) is 3.54. The van der Waals surface area contributed by atoms with Crippen LogP contribution in [0.25, 0.3) is 0 Å². The van der Waals surface area contributed by atoms with Crippen LogP contribution in [-0.4, -0.2) is 37.8 Å². The molecule has 0 aliphatic heterocycles. The highest BCUT2D eigenvalue weighted by atomic mass is 35.5. The van der Waals surface area contributed by atoms with Crippen LogP contribution in [0.1, 0.15) is 29.2 Å². The molecule has 29 heavy (non-hydrogen) atoms. The maximum absolute atomic E-state index is 12.6. The van der Waals surface area contributed by atoms with Crippen molar-refractivity contribution in [2.45, 2.75) is 24.0 Å². The van der Waals surface area contributed by atoms with E-state index in [1.165, 1.54) is 11.8 Å². The van der Waals surface area contributed by atoms with E-state index >= 15 is 0 Å². The second-order valence-corrected chi connectivity index (χ2v) is 7.86. The molecule has 0 unspecified atom stereocenters. The molecule has 0 saturated heterocycles. The van der Waals surface area contributed by atoms with Crippen molar-refractivity contribution in [3.8, 4) is 0 Å². The number of tetrazole rings is 1. The summed E-state index contributed by atoms with van der Waals surface area (Å²) in [5.41, 5.74) is 1.41. The molecule has 0 radical (unpaired) electrons. The number of thioether (sulfide) groups is 1. The number of hydrogen-bond acceptors (Lipinski definition) is 6. The minimum atomic E-state index is -0.325. The van der Waals surface area contributed by atoms with E-state index in [1.807, 2.05) is 0 Å². The third-order valence-corrected chi connectivity index (χ3v) is 5.42. The largest absolute Gasteiger partial charge is 0.325 e. The van der Waals surface area contributed by atoms with E-state index in [2.05, 4.69) is 26.2 Å². The average molecular weight is 429 g/mol. The molecule has 1 aliphatic rings. The minimum Gasteiger partial charge on any atom is -0.325 e. The Hall–Kier alpha value is -2.91. The van der Waals surface area contributed by atoms with Gasteiger partial charge in [-0.3, -0.25) is 9.59 Å². The first-order chi connectivity index (χ1) is 14.1. The van der Waals surface area contributed by atoms with Crippen molar-refractivity contribution in [1.82, 2.24) is 20.2 Å². The maximum atomic E-state index is 12.6. The summed E-state index contributed by atoms with van der Waals surface area (Å²) >= 11 is 7.14. The number of rotatable bonds is 7. The highest BCUT2D eigenvalue weighted by Gasteiger charge is 2.28. The molecule has 2 N–H and O–H groups in total. The molecule has 1 heterocycles. The molecule has 10 heteroatoms. The normalized spacial score (nSPS) is 13.1. The lowest BCUT2D eigenvalue weighted by Gasteiger charge is -2.11. The summed E-state index contributed by atoms with van der Waals surface area (Å²) in [5.74, 6) is -0.430. The first kappa shape index (κ1) is 19.4. The third kappa shape index (κ3) is 4.93. The number of benzene rings is 2. The number of halogens is 1. The number of carbonyl (C=O) groups is 2. The molecule has 4 rings (SSSR count). The second-order valence-electron chi connectivity index (χ2n) is 6.48. The van der Waals surface area contributed by atoms with Crippen LogP contribution in [0.2, 0.25) is 5.02 Å². The Morgan fingerprint density at radius 2 is 1.86 bits per heavy atom. The summed E-state index contributed by atoms with van der Waals surface area (Å²) in [6.07, 6.45) is 2.11. The number of aromatic nitrogens is 4. The summed E-state index contributed by atoms with van der Waals surface area (Å²) in [7, 11) is 0. The van der Waals surface area contributed by atoms with Crippen LogP contribution in [0, 0.1) is 0 Å². The molecular formula is C19H17ClN6O2S. The molecular weight excluding hydrogens is 412 g/mol. The summed E-state index contributed by atoms with van der Waals surface area (Å²) in [5, 5.41) is 18.4. The fraction of sp³-hybridized carbons (Fsp3) is 0.211. The smallest absolute Gasteiger partial charge is 0.257 e. The lowest BCUT2D eigenvalue weighted by molar-refractivity contribution is -0.113. The van der Waals surface area contributed by atoms with E-state index < -0.39 is 0 Å². The van der Waals surface area contributed by atoms with Crippen LogP contribution in [0.3, 0.4) is 0 Å². The molecule has 1 aliphatic carbocycles. The van der Waals surface area contributed by atoms with E-state index in [4.69, 9.17) is 11.6 Å². The molecule has 148 valence electrons. The first-order valence-corrected chi connectivity index (χ1v) is 10.3. The molecule has 3 aromatic rings. The zero-order valence-corrected chi connectivity index (χ0v) is 16.8. The van der Waals surface area contributed by atoms with Crippen molar-refractivity contribution in [3.05, 3.63) is 59.1 Å². The number of carbonyl (C=O) groups excluding carboxylic acids is 2. The molecule has 1 fully saturated rings. The molecule has 1 saturated carbocycles. The Morgan fingerprint density at radius 3 is 2.62 bits per heavy atom. The van der Waals surface area contributed by atoms with Gasteiger partial charge in [0.05, 0.1) is 23.0 Å². The lowest BCUT2D eigenvalue weighted by Crippen LogP contribution is -2.19. The minimum absolute atomic E-state index is 0.139. The van der Waals surface area contributed by atoms with Gasteiger partial charge in [-0.05, 0) is 59.7 Å². The van der Waals surface area contributed by atoms with Gasteiger partial charge in [0.15, 0.2) is 0 Å². The molecule has 0 spiro atoms.